The van der Waals surface area contributed by atoms with Gasteiger partial charge in [0, 0.05) is 0 Å². The molecule has 0 aliphatic carbocycles. The Morgan fingerprint density at radius 3 is 2.56 bits per heavy atom. The van der Waals surface area contributed by atoms with E-state index in [1.54, 1.807) is 13.0 Å². The van der Waals surface area contributed by atoms with E-state index in [0.29, 0.717) is 12.2 Å². The van der Waals surface area contributed by atoms with Crippen molar-refractivity contribution < 1.29 is 13.2 Å². The van der Waals surface area contributed by atoms with E-state index in [2.05, 4.69) is 9.93 Å². The molecule has 0 bridgehead atoms. The van der Waals surface area contributed by atoms with Crippen molar-refractivity contribution in [3.05, 3.63) is 59.2 Å². The van der Waals surface area contributed by atoms with Gasteiger partial charge in [0.15, 0.2) is 0 Å². The fourth-order valence-corrected chi connectivity index (χ4v) is 3.54. The van der Waals surface area contributed by atoms with Crippen molar-refractivity contribution in [2.75, 3.05) is 6.61 Å². The lowest BCUT2D eigenvalue weighted by molar-refractivity contribution is 0.317. The molecule has 0 saturated carbocycles. The molecule has 1 N–H and O–H groups in total. The molecule has 146 valence electrons. The molecule has 0 radical (unpaired) electrons. The highest BCUT2D eigenvalue weighted by atomic mass is 32.2. The Balaban J connectivity index is 2.19. The molecule has 6 heteroatoms. The lowest BCUT2D eigenvalue weighted by atomic mass is 9.87. The third-order valence-corrected chi connectivity index (χ3v) is 5.43. The maximum atomic E-state index is 12.7. The van der Waals surface area contributed by atoms with Gasteiger partial charge in [0.2, 0.25) is 0 Å². The van der Waals surface area contributed by atoms with Gasteiger partial charge in [-0.05, 0) is 53.6 Å². The molecule has 0 aliphatic heterocycles. The van der Waals surface area contributed by atoms with Crippen molar-refractivity contribution in [1.82, 2.24) is 4.83 Å². The van der Waals surface area contributed by atoms with Crippen LogP contribution >= 0.6 is 0 Å². The number of benzene rings is 2. The lowest BCUT2D eigenvalue weighted by Crippen LogP contribution is -2.21. The minimum Gasteiger partial charge on any atom is -0.494 e. The molecular formula is C21H28N2O3S. The molecule has 0 amide bonds. The van der Waals surface area contributed by atoms with Crippen molar-refractivity contribution in [3.8, 4) is 5.75 Å². The summed E-state index contributed by atoms with van der Waals surface area (Å²) < 4.78 is 30.9. The van der Waals surface area contributed by atoms with Gasteiger partial charge < -0.3 is 4.74 Å². The van der Waals surface area contributed by atoms with Gasteiger partial charge in [-0.2, -0.15) is 13.5 Å². The Labute approximate surface area is 162 Å². The Morgan fingerprint density at radius 1 is 1.15 bits per heavy atom. The van der Waals surface area contributed by atoms with Crippen LogP contribution in [0.15, 0.2) is 52.5 Å². The second kappa shape index (κ2) is 8.57. The van der Waals surface area contributed by atoms with Crippen molar-refractivity contribution in [2.45, 2.75) is 51.3 Å². The van der Waals surface area contributed by atoms with E-state index in [9.17, 15) is 8.42 Å². The zero-order valence-corrected chi connectivity index (χ0v) is 17.4. The maximum Gasteiger partial charge on any atom is 0.276 e. The lowest BCUT2D eigenvalue weighted by Gasteiger charge is -2.20. The van der Waals surface area contributed by atoms with Gasteiger partial charge in [0.05, 0.1) is 17.7 Å². The van der Waals surface area contributed by atoms with Gasteiger partial charge in [-0.25, -0.2) is 4.83 Å². The van der Waals surface area contributed by atoms with E-state index in [-0.39, 0.29) is 10.3 Å². The predicted molar refractivity (Wildman–Crippen MR) is 110 cm³/mol. The molecule has 0 saturated heterocycles. The summed E-state index contributed by atoms with van der Waals surface area (Å²) in [4.78, 5) is 2.55. The van der Waals surface area contributed by atoms with Crippen LogP contribution in [0.25, 0.3) is 0 Å². The quantitative estimate of drug-likeness (QED) is 0.565. The topological polar surface area (TPSA) is 67.8 Å². The van der Waals surface area contributed by atoms with E-state index in [1.165, 1.54) is 6.21 Å². The van der Waals surface area contributed by atoms with Crippen LogP contribution in [0.5, 0.6) is 5.75 Å². The van der Waals surface area contributed by atoms with Crippen LogP contribution in [0, 0.1) is 6.92 Å². The van der Waals surface area contributed by atoms with Crippen molar-refractivity contribution in [2.24, 2.45) is 5.10 Å². The molecule has 0 spiro atoms. The number of aryl methyl sites for hydroxylation is 1. The van der Waals surface area contributed by atoms with Crippen LogP contribution in [0.4, 0.5) is 0 Å². The predicted octanol–water partition coefficient (Wildman–Crippen LogP) is 4.39. The van der Waals surface area contributed by atoms with Gasteiger partial charge in [0.25, 0.3) is 10.0 Å². The smallest absolute Gasteiger partial charge is 0.276 e. The molecule has 0 aliphatic rings. The first kappa shape index (κ1) is 21.0. The van der Waals surface area contributed by atoms with Crippen LogP contribution in [0.3, 0.4) is 0 Å². The van der Waals surface area contributed by atoms with Gasteiger partial charge in [-0.3, -0.25) is 0 Å². The number of nitrogens with one attached hydrogen (secondary N) is 1. The van der Waals surface area contributed by atoms with Crippen molar-refractivity contribution in [1.29, 1.82) is 0 Å². The zero-order valence-electron chi connectivity index (χ0n) is 16.6. The highest BCUT2D eigenvalue weighted by molar-refractivity contribution is 7.89. The molecule has 2 aromatic carbocycles. The minimum absolute atomic E-state index is 0.139. The Bertz CT molecular complexity index is 913. The summed E-state index contributed by atoms with van der Waals surface area (Å²) in [5, 5.41) is 3.93. The van der Waals surface area contributed by atoms with Crippen LogP contribution in [-0.2, 0) is 15.4 Å². The van der Waals surface area contributed by atoms with E-state index in [4.69, 9.17) is 4.74 Å². The van der Waals surface area contributed by atoms with Crippen molar-refractivity contribution >= 4 is 16.2 Å². The largest absolute Gasteiger partial charge is 0.494 e. The molecule has 0 heterocycles. The van der Waals surface area contributed by atoms with E-state index < -0.39 is 10.0 Å². The average Bonchev–Trinajstić information content (AvgIpc) is 2.59. The number of hydrogen-bond donors (Lipinski definition) is 1. The summed E-state index contributed by atoms with van der Waals surface area (Å²) >= 11 is 0. The number of hydrogen-bond acceptors (Lipinski definition) is 4. The number of hydrazone groups is 1. The fourth-order valence-electron chi connectivity index (χ4n) is 2.48. The molecule has 0 aromatic heterocycles. The standard InChI is InChI=1S/C21H28N2O3S/c1-6-12-26-19-9-7-8-17(13-19)15-22-23-27(24,25)20-14-18(21(3,4)5)11-10-16(20)2/h7-11,13-15,23H,6,12H2,1-5H3/b22-15+. The summed E-state index contributed by atoms with van der Waals surface area (Å²) in [5.74, 6) is 0.734. The second-order valence-electron chi connectivity index (χ2n) is 7.50. The minimum atomic E-state index is -3.75. The summed E-state index contributed by atoms with van der Waals surface area (Å²) in [5.41, 5.74) is 2.26. The maximum absolute atomic E-state index is 12.7. The summed E-state index contributed by atoms with van der Waals surface area (Å²) in [6.07, 6.45) is 2.39. The molecule has 0 unspecified atom stereocenters. The van der Waals surface area contributed by atoms with E-state index in [1.807, 2.05) is 64.1 Å². The average molecular weight is 389 g/mol. The van der Waals surface area contributed by atoms with Gasteiger partial charge >= 0.3 is 0 Å². The summed E-state index contributed by atoms with van der Waals surface area (Å²) in [6, 6.07) is 12.9. The first-order chi connectivity index (χ1) is 12.6. The number of sulfonamides is 1. The fraction of sp³-hybridized carbons (Fsp3) is 0.381. The third-order valence-electron chi connectivity index (χ3n) is 4.06. The van der Waals surface area contributed by atoms with Crippen LogP contribution in [0.1, 0.15) is 50.8 Å². The second-order valence-corrected chi connectivity index (χ2v) is 9.13. The monoisotopic (exact) mass is 388 g/mol. The van der Waals surface area contributed by atoms with Crippen LogP contribution in [0.2, 0.25) is 0 Å². The number of ether oxygens (including phenoxy) is 1. The summed E-state index contributed by atoms with van der Waals surface area (Å²) in [6.45, 7) is 10.6. The zero-order chi connectivity index (χ0) is 20.1. The molecule has 2 rings (SSSR count). The van der Waals surface area contributed by atoms with E-state index >= 15 is 0 Å². The number of rotatable bonds is 7. The van der Waals surface area contributed by atoms with Crippen LogP contribution in [-0.4, -0.2) is 21.2 Å². The normalized spacial score (nSPS) is 12.3. The summed E-state index contributed by atoms with van der Waals surface area (Å²) in [7, 11) is -3.75. The molecule has 2 aromatic rings. The molecule has 5 nitrogen and oxygen atoms in total. The van der Waals surface area contributed by atoms with Gasteiger partial charge in [0.1, 0.15) is 5.75 Å². The number of nitrogens with zero attached hydrogens (tertiary/aromatic N) is 1. The SMILES string of the molecule is CCCOc1cccc(/C=N/NS(=O)(=O)c2cc(C(C)(C)C)ccc2C)c1. The molecule has 0 fully saturated rings. The van der Waals surface area contributed by atoms with Crippen molar-refractivity contribution in [3.63, 3.8) is 0 Å². The highest BCUT2D eigenvalue weighted by Crippen LogP contribution is 2.26. The highest BCUT2D eigenvalue weighted by Gasteiger charge is 2.21. The van der Waals surface area contributed by atoms with E-state index in [0.717, 1.165) is 23.3 Å². The first-order valence-corrected chi connectivity index (χ1v) is 10.5. The molecular weight excluding hydrogens is 360 g/mol. The molecule has 27 heavy (non-hydrogen) atoms. The Hall–Kier alpha value is -2.34. The third kappa shape index (κ3) is 5.82. The van der Waals surface area contributed by atoms with Gasteiger partial charge in [-0.15, -0.1) is 0 Å². The van der Waals surface area contributed by atoms with Gasteiger partial charge in [-0.1, -0.05) is 52.0 Å². The molecule has 0 atom stereocenters. The van der Waals surface area contributed by atoms with Crippen LogP contribution < -0.4 is 9.57 Å². The Kier molecular flexibility index (Phi) is 6.65. The Morgan fingerprint density at radius 2 is 1.89 bits per heavy atom. The first-order valence-electron chi connectivity index (χ1n) is 9.02.